The summed E-state index contributed by atoms with van der Waals surface area (Å²) in [4.78, 5) is 13.4. The van der Waals surface area contributed by atoms with Gasteiger partial charge in [-0.3, -0.25) is 4.79 Å². The van der Waals surface area contributed by atoms with E-state index in [4.69, 9.17) is 16.7 Å². The van der Waals surface area contributed by atoms with E-state index < -0.39 is 53.7 Å². The van der Waals surface area contributed by atoms with Gasteiger partial charge in [-0.2, -0.15) is 5.26 Å². The first-order chi connectivity index (χ1) is 16.9. The molecule has 0 saturated carbocycles. The van der Waals surface area contributed by atoms with Crippen LogP contribution in [0, 0.1) is 28.4 Å². The van der Waals surface area contributed by atoms with Crippen molar-refractivity contribution >= 4 is 17.5 Å². The lowest BCUT2D eigenvalue weighted by Crippen LogP contribution is -2.46. The maximum Gasteiger partial charge on any atom is 0.237 e. The molecule has 4 N–H and O–H groups in total. The Balaban J connectivity index is 2.19. The molecule has 5 atom stereocenters. The zero-order chi connectivity index (χ0) is 26.7. The molecule has 36 heavy (non-hydrogen) atoms. The van der Waals surface area contributed by atoms with Crippen LogP contribution >= 0.6 is 11.6 Å². The molecule has 1 saturated heterocycles. The van der Waals surface area contributed by atoms with Gasteiger partial charge in [0.2, 0.25) is 5.91 Å². The van der Waals surface area contributed by atoms with E-state index in [0.29, 0.717) is 12.0 Å². The number of nitrogens with zero attached hydrogens (tertiary/aromatic N) is 1. The summed E-state index contributed by atoms with van der Waals surface area (Å²) in [5.41, 5.74) is -1.41. The van der Waals surface area contributed by atoms with E-state index in [1.807, 2.05) is 20.8 Å². The summed E-state index contributed by atoms with van der Waals surface area (Å²) in [6.07, 6.45) is -0.447. The van der Waals surface area contributed by atoms with Gasteiger partial charge in [0.15, 0.2) is 0 Å². The minimum Gasteiger partial charge on any atom is -0.394 e. The number of amides is 1. The van der Waals surface area contributed by atoms with Gasteiger partial charge in [-0.25, -0.2) is 8.78 Å². The second-order valence-electron chi connectivity index (χ2n) is 10.5. The second-order valence-corrected chi connectivity index (χ2v) is 11.0. The Hall–Kier alpha value is -2.57. The van der Waals surface area contributed by atoms with Gasteiger partial charge in [0.05, 0.1) is 24.8 Å². The highest BCUT2D eigenvalue weighted by molar-refractivity contribution is 6.30. The lowest BCUT2D eigenvalue weighted by molar-refractivity contribution is -0.123. The number of hydrogen-bond donors (Lipinski definition) is 4. The van der Waals surface area contributed by atoms with Gasteiger partial charge in [-0.05, 0) is 48.1 Å². The summed E-state index contributed by atoms with van der Waals surface area (Å²) in [5, 5.41) is 35.6. The molecule has 1 fully saturated rings. The summed E-state index contributed by atoms with van der Waals surface area (Å²) >= 11 is 6.01. The molecule has 0 unspecified atom stereocenters. The molecular formula is C27H32ClF2N3O3. The molecule has 1 amide bonds. The van der Waals surface area contributed by atoms with Crippen molar-refractivity contribution in [3.63, 3.8) is 0 Å². The Morgan fingerprint density at radius 3 is 2.58 bits per heavy atom. The van der Waals surface area contributed by atoms with Crippen LogP contribution in [0.1, 0.15) is 50.7 Å². The molecule has 1 aliphatic rings. The van der Waals surface area contributed by atoms with Gasteiger partial charge >= 0.3 is 0 Å². The Bertz CT molecular complexity index is 1130. The average Bonchev–Trinajstić information content (AvgIpc) is 3.12. The number of carbonyl (C=O) groups excluding carboxylic acids is 1. The number of aliphatic hydroxyl groups excluding tert-OH is 2. The van der Waals surface area contributed by atoms with Crippen LogP contribution in [-0.2, 0) is 10.2 Å². The van der Waals surface area contributed by atoms with Crippen LogP contribution in [0.3, 0.4) is 0 Å². The number of aliphatic hydroxyl groups is 2. The second kappa shape index (κ2) is 11.2. The average molecular weight is 520 g/mol. The van der Waals surface area contributed by atoms with Crippen molar-refractivity contribution < 1.29 is 23.8 Å². The van der Waals surface area contributed by atoms with Crippen molar-refractivity contribution in [3.05, 3.63) is 70.2 Å². The Morgan fingerprint density at radius 1 is 1.28 bits per heavy atom. The smallest absolute Gasteiger partial charge is 0.237 e. The third-order valence-corrected chi connectivity index (χ3v) is 6.85. The van der Waals surface area contributed by atoms with E-state index in [1.165, 1.54) is 30.3 Å². The molecule has 0 radical (unpaired) electrons. The quantitative estimate of drug-likeness (QED) is 0.424. The predicted molar refractivity (Wildman–Crippen MR) is 133 cm³/mol. The standard InChI is InChI=1S/C27H32ClF2N3O3/c1-26(2,3)13-22-27(15-31,20-8-7-17(28)12-21(20)30)23(16-5-4-6-18(29)11-16)24(33-22)25(36)32-10-9-19(35)14-34/h4-8,11-12,19,22-24,33-35H,9-10,13-14H2,1-3H3,(H,32,36)/t19-,22-,23-,24+,27-/m0/s1. The molecule has 2 aromatic rings. The maximum atomic E-state index is 15.5. The van der Waals surface area contributed by atoms with E-state index in [-0.39, 0.29) is 29.0 Å². The fraction of sp³-hybridized carbons (Fsp3) is 0.481. The minimum atomic E-state index is -1.57. The van der Waals surface area contributed by atoms with Crippen molar-refractivity contribution in [2.75, 3.05) is 13.2 Å². The summed E-state index contributed by atoms with van der Waals surface area (Å²) < 4.78 is 29.9. The summed E-state index contributed by atoms with van der Waals surface area (Å²) in [6, 6.07) is 10.4. The molecular weight excluding hydrogens is 488 g/mol. The Kier molecular flexibility index (Phi) is 8.73. The molecule has 0 aromatic heterocycles. The lowest BCUT2D eigenvalue weighted by atomic mass is 9.62. The zero-order valence-electron chi connectivity index (χ0n) is 20.6. The Labute approximate surface area is 215 Å². The number of nitrogens with one attached hydrogen (secondary N) is 2. The minimum absolute atomic E-state index is 0.0768. The summed E-state index contributed by atoms with van der Waals surface area (Å²) in [6.45, 7) is 5.58. The van der Waals surface area contributed by atoms with Crippen molar-refractivity contribution in [1.29, 1.82) is 5.26 Å². The van der Waals surface area contributed by atoms with Crippen molar-refractivity contribution in [2.45, 2.75) is 63.1 Å². The molecule has 9 heteroatoms. The van der Waals surface area contributed by atoms with Crippen molar-refractivity contribution in [3.8, 4) is 6.07 Å². The van der Waals surface area contributed by atoms with E-state index in [9.17, 15) is 19.6 Å². The summed E-state index contributed by atoms with van der Waals surface area (Å²) in [7, 11) is 0. The van der Waals surface area contributed by atoms with Crippen LogP contribution in [0.25, 0.3) is 0 Å². The molecule has 0 bridgehead atoms. The number of rotatable bonds is 8. The molecule has 0 aliphatic carbocycles. The van der Waals surface area contributed by atoms with Gasteiger partial charge in [0, 0.05) is 29.1 Å². The Morgan fingerprint density at radius 2 is 2.00 bits per heavy atom. The van der Waals surface area contributed by atoms with Crippen LogP contribution < -0.4 is 10.6 Å². The molecule has 1 aliphatic heterocycles. The SMILES string of the molecule is CC(C)(C)C[C@@H]1N[C@@H](C(=O)NCC[C@H](O)CO)[C@H](c2cccc(F)c2)[C@@]1(C#N)c1ccc(Cl)cc1F. The molecule has 194 valence electrons. The number of hydrogen-bond acceptors (Lipinski definition) is 5. The number of nitriles is 1. The number of halogens is 3. The normalized spacial score (nSPS) is 24.8. The van der Waals surface area contributed by atoms with E-state index in [2.05, 4.69) is 16.7 Å². The molecule has 1 heterocycles. The first-order valence-electron chi connectivity index (χ1n) is 11.9. The monoisotopic (exact) mass is 519 g/mol. The zero-order valence-corrected chi connectivity index (χ0v) is 21.3. The molecule has 3 rings (SSSR count). The predicted octanol–water partition coefficient (Wildman–Crippen LogP) is 3.80. The first kappa shape index (κ1) is 28.0. The van der Waals surface area contributed by atoms with E-state index in [0.717, 1.165) is 6.07 Å². The van der Waals surface area contributed by atoms with Gasteiger partial charge in [0.25, 0.3) is 0 Å². The summed E-state index contributed by atoms with van der Waals surface area (Å²) in [5.74, 6) is -2.64. The van der Waals surface area contributed by atoms with Crippen molar-refractivity contribution in [2.24, 2.45) is 5.41 Å². The third-order valence-electron chi connectivity index (χ3n) is 6.61. The fourth-order valence-electron chi connectivity index (χ4n) is 5.09. The van der Waals surface area contributed by atoms with Crippen LogP contribution in [0.4, 0.5) is 8.78 Å². The molecule has 2 aromatic carbocycles. The molecule has 0 spiro atoms. The largest absolute Gasteiger partial charge is 0.394 e. The first-order valence-corrected chi connectivity index (χ1v) is 12.3. The lowest BCUT2D eigenvalue weighted by Gasteiger charge is -2.37. The highest BCUT2D eigenvalue weighted by Crippen LogP contribution is 2.51. The van der Waals surface area contributed by atoms with Crippen LogP contribution in [0.5, 0.6) is 0 Å². The van der Waals surface area contributed by atoms with Crippen LogP contribution in [0.2, 0.25) is 5.02 Å². The fourth-order valence-corrected chi connectivity index (χ4v) is 5.25. The third kappa shape index (κ3) is 5.87. The highest BCUT2D eigenvalue weighted by atomic mass is 35.5. The van der Waals surface area contributed by atoms with Crippen LogP contribution in [-0.4, -0.2) is 47.5 Å². The maximum absolute atomic E-state index is 15.5. The topological polar surface area (TPSA) is 105 Å². The van der Waals surface area contributed by atoms with Crippen molar-refractivity contribution in [1.82, 2.24) is 10.6 Å². The van der Waals surface area contributed by atoms with Gasteiger partial charge in [0.1, 0.15) is 17.0 Å². The van der Waals surface area contributed by atoms with E-state index >= 15 is 4.39 Å². The number of carbonyl (C=O) groups is 1. The van der Waals surface area contributed by atoms with Gasteiger partial charge in [-0.1, -0.05) is 50.6 Å². The van der Waals surface area contributed by atoms with Gasteiger partial charge < -0.3 is 20.8 Å². The number of benzene rings is 2. The van der Waals surface area contributed by atoms with Crippen LogP contribution in [0.15, 0.2) is 42.5 Å². The highest BCUT2D eigenvalue weighted by Gasteiger charge is 2.60. The molecule has 6 nitrogen and oxygen atoms in total. The van der Waals surface area contributed by atoms with Gasteiger partial charge in [-0.15, -0.1) is 0 Å². The van der Waals surface area contributed by atoms with E-state index in [1.54, 1.807) is 6.07 Å².